The second-order valence-electron chi connectivity index (χ2n) is 15.7. The van der Waals surface area contributed by atoms with Crippen LogP contribution in [0.2, 0.25) is 0 Å². The molecule has 2 atom stereocenters. The Morgan fingerprint density at radius 2 is 0.870 bits per heavy atom. The van der Waals surface area contributed by atoms with Crippen LogP contribution in [0, 0.1) is 0 Å². The Morgan fingerprint density at radius 3 is 1.31 bits per heavy atom. The molecule has 0 radical (unpaired) electrons. The molecule has 54 heavy (non-hydrogen) atoms. The molecule has 0 bridgehead atoms. The topological polar surface area (TPSA) is 95.9 Å². The maximum atomic E-state index is 12.3. The molecule has 0 aromatic heterocycles. The Hall–Kier alpha value is -1.92. The normalized spacial score (nSPS) is 13.0. The Bertz CT molecular complexity index is 884. The third kappa shape index (κ3) is 39.8. The van der Waals surface area contributed by atoms with Crippen LogP contribution < -0.4 is 5.32 Å². The number of aliphatic hydroxyl groups excluding tert-OH is 2. The first kappa shape index (κ1) is 52.1. The number of rotatable bonds is 42. The maximum absolute atomic E-state index is 12.3. The molecule has 6 heteroatoms. The first-order valence-electron chi connectivity index (χ1n) is 23.3. The fourth-order valence-electron chi connectivity index (χ4n) is 6.74. The first-order chi connectivity index (χ1) is 26.5. The quantitative estimate of drug-likeness (QED) is 0.0327. The standard InChI is InChI=1S/C48H89NO5/c1-3-5-7-9-11-13-14-15-16-17-18-22-26-30-34-38-42-48(53)54-43-39-35-31-27-23-20-19-21-25-29-33-37-41-47(52)49-45(44-50)46(51)40-36-32-28-24-12-10-8-6-4-2/h16-17,20,23,36,40,45-46,50-51H,3-15,18-19,21-22,24-35,37-39,41-44H2,1-2H3,(H,49,52)/b17-16-,23-20-,40-36+. The molecule has 316 valence electrons. The Kier molecular flexibility index (Phi) is 42.2. The fraction of sp³-hybridized carbons (Fsp3) is 0.833. The van der Waals surface area contributed by atoms with Crippen molar-refractivity contribution in [3.63, 3.8) is 0 Å². The largest absolute Gasteiger partial charge is 0.466 e. The van der Waals surface area contributed by atoms with Crippen LogP contribution in [0.3, 0.4) is 0 Å². The van der Waals surface area contributed by atoms with Crippen molar-refractivity contribution in [2.45, 2.75) is 244 Å². The van der Waals surface area contributed by atoms with E-state index in [-0.39, 0.29) is 18.5 Å². The zero-order valence-electron chi connectivity index (χ0n) is 35.7. The molecule has 0 saturated heterocycles. The number of unbranched alkanes of at least 4 members (excludes halogenated alkanes) is 27. The first-order valence-corrected chi connectivity index (χ1v) is 23.3. The number of carbonyl (C=O) groups is 2. The van der Waals surface area contributed by atoms with Gasteiger partial charge in [0.05, 0.1) is 25.4 Å². The van der Waals surface area contributed by atoms with Crippen LogP contribution >= 0.6 is 0 Å². The van der Waals surface area contributed by atoms with Crippen LogP contribution in [0.5, 0.6) is 0 Å². The summed E-state index contributed by atoms with van der Waals surface area (Å²) in [5.41, 5.74) is 0. The van der Waals surface area contributed by atoms with E-state index in [1.807, 2.05) is 6.08 Å². The molecule has 0 fully saturated rings. The van der Waals surface area contributed by atoms with E-state index in [1.54, 1.807) is 6.08 Å². The van der Waals surface area contributed by atoms with Crippen LogP contribution in [-0.2, 0) is 14.3 Å². The molecule has 0 spiro atoms. The Balaban J connectivity index is 3.52. The average Bonchev–Trinajstić information content (AvgIpc) is 3.17. The highest BCUT2D eigenvalue weighted by atomic mass is 16.5. The fourth-order valence-corrected chi connectivity index (χ4v) is 6.74. The highest BCUT2D eigenvalue weighted by Crippen LogP contribution is 2.13. The van der Waals surface area contributed by atoms with Gasteiger partial charge in [-0.3, -0.25) is 9.59 Å². The number of hydrogen-bond donors (Lipinski definition) is 3. The van der Waals surface area contributed by atoms with Crippen LogP contribution in [0.15, 0.2) is 36.5 Å². The summed E-state index contributed by atoms with van der Waals surface area (Å²) < 4.78 is 5.43. The number of hydrogen-bond acceptors (Lipinski definition) is 5. The van der Waals surface area contributed by atoms with Crippen molar-refractivity contribution >= 4 is 11.9 Å². The van der Waals surface area contributed by atoms with Crippen molar-refractivity contribution in [2.24, 2.45) is 0 Å². The highest BCUT2D eigenvalue weighted by molar-refractivity contribution is 5.76. The molecular formula is C48H89NO5. The average molecular weight is 760 g/mol. The predicted octanol–water partition coefficient (Wildman–Crippen LogP) is 13.3. The van der Waals surface area contributed by atoms with Gasteiger partial charge in [-0.25, -0.2) is 0 Å². The number of ether oxygens (including phenoxy) is 1. The van der Waals surface area contributed by atoms with E-state index in [0.29, 0.717) is 19.4 Å². The molecule has 0 aromatic carbocycles. The Labute approximate surface area is 334 Å². The summed E-state index contributed by atoms with van der Waals surface area (Å²) in [7, 11) is 0. The van der Waals surface area contributed by atoms with Crippen molar-refractivity contribution < 1.29 is 24.5 Å². The summed E-state index contributed by atoms with van der Waals surface area (Å²) in [6.45, 7) is 4.79. The van der Waals surface area contributed by atoms with Crippen molar-refractivity contribution in [3.05, 3.63) is 36.5 Å². The molecule has 0 saturated carbocycles. The van der Waals surface area contributed by atoms with Gasteiger partial charge in [0.25, 0.3) is 0 Å². The molecule has 0 rings (SSSR count). The number of esters is 1. The molecule has 6 nitrogen and oxygen atoms in total. The monoisotopic (exact) mass is 760 g/mol. The molecule has 0 heterocycles. The third-order valence-electron chi connectivity index (χ3n) is 10.4. The number of nitrogens with one attached hydrogen (secondary N) is 1. The van der Waals surface area contributed by atoms with Gasteiger partial charge in [0.15, 0.2) is 0 Å². The second kappa shape index (κ2) is 43.8. The minimum absolute atomic E-state index is 0.0332. The lowest BCUT2D eigenvalue weighted by Gasteiger charge is -2.20. The van der Waals surface area contributed by atoms with Crippen molar-refractivity contribution in [1.29, 1.82) is 0 Å². The predicted molar refractivity (Wildman–Crippen MR) is 232 cm³/mol. The summed E-state index contributed by atoms with van der Waals surface area (Å²) in [6.07, 6.45) is 51.4. The summed E-state index contributed by atoms with van der Waals surface area (Å²) in [6, 6.07) is -0.644. The van der Waals surface area contributed by atoms with E-state index in [1.165, 1.54) is 122 Å². The van der Waals surface area contributed by atoms with Gasteiger partial charge < -0.3 is 20.3 Å². The summed E-state index contributed by atoms with van der Waals surface area (Å²) in [5.74, 6) is -0.132. The summed E-state index contributed by atoms with van der Waals surface area (Å²) in [4.78, 5) is 24.3. The van der Waals surface area contributed by atoms with E-state index in [4.69, 9.17) is 4.74 Å². The summed E-state index contributed by atoms with van der Waals surface area (Å²) in [5, 5.41) is 22.8. The van der Waals surface area contributed by atoms with Gasteiger partial charge in [-0.15, -0.1) is 0 Å². The molecule has 0 aliphatic carbocycles. The maximum Gasteiger partial charge on any atom is 0.305 e. The van der Waals surface area contributed by atoms with Gasteiger partial charge in [0, 0.05) is 12.8 Å². The van der Waals surface area contributed by atoms with Crippen molar-refractivity contribution in [2.75, 3.05) is 13.2 Å². The Morgan fingerprint density at radius 1 is 0.500 bits per heavy atom. The van der Waals surface area contributed by atoms with Crippen molar-refractivity contribution in [3.8, 4) is 0 Å². The number of amides is 1. The molecule has 1 amide bonds. The lowest BCUT2D eigenvalue weighted by molar-refractivity contribution is -0.143. The van der Waals surface area contributed by atoms with Crippen LogP contribution in [0.1, 0.15) is 232 Å². The summed E-state index contributed by atoms with van der Waals surface area (Å²) >= 11 is 0. The zero-order valence-corrected chi connectivity index (χ0v) is 35.7. The zero-order chi connectivity index (χ0) is 39.4. The van der Waals surface area contributed by atoms with Gasteiger partial charge in [-0.1, -0.05) is 166 Å². The molecule has 2 unspecified atom stereocenters. The highest BCUT2D eigenvalue weighted by Gasteiger charge is 2.18. The lowest BCUT2D eigenvalue weighted by atomic mass is 10.1. The van der Waals surface area contributed by atoms with Crippen LogP contribution in [-0.4, -0.2) is 47.4 Å². The second-order valence-corrected chi connectivity index (χ2v) is 15.7. The molecule has 0 aliphatic heterocycles. The van der Waals surface area contributed by atoms with Crippen LogP contribution in [0.25, 0.3) is 0 Å². The molecule has 0 aromatic rings. The van der Waals surface area contributed by atoms with Crippen molar-refractivity contribution in [1.82, 2.24) is 5.32 Å². The number of carbonyl (C=O) groups excluding carboxylic acids is 2. The smallest absolute Gasteiger partial charge is 0.305 e. The third-order valence-corrected chi connectivity index (χ3v) is 10.4. The van der Waals surface area contributed by atoms with Gasteiger partial charge in [-0.2, -0.15) is 0 Å². The number of aliphatic hydroxyl groups is 2. The lowest BCUT2D eigenvalue weighted by Crippen LogP contribution is -2.45. The van der Waals surface area contributed by atoms with Gasteiger partial charge in [0.2, 0.25) is 5.91 Å². The van der Waals surface area contributed by atoms with Gasteiger partial charge >= 0.3 is 5.97 Å². The van der Waals surface area contributed by atoms with E-state index < -0.39 is 12.1 Å². The van der Waals surface area contributed by atoms with E-state index in [9.17, 15) is 19.8 Å². The van der Waals surface area contributed by atoms with Gasteiger partial charge in [0.1, 0.15) is 0 Å². The van der Waals surface area contributed by atoms with Crippen LogP contribution in [0.4, 0.5) is 0 Å². The van der Waals surface area contributed by atoms with E-state index >= 15 is 0 Å². The van der Waals surface area contributed by atoms with E-state index in [0.717, 1.165) is 83.5 Å². The molecular weight excluding hydrogens is 671 g/mol. The number of allylic oxidation sites excluding steroid dienone is 5. The minimum Gasteiger partial charge on any atom is -0.466 e. The SMILES string of the molecule is CCCCCCCCC/C=C\CCCCCCCC(=O)OCCCCC/C=C\CCCCCCCC(=O)NC(CO)C(O)/C=C/CCCCCCCCC. The molecule has 3 N–H and O–H groups in total. The van der Waals surface area contributed by atoms with Gasteiger partial charge in [-0.05, 0) is 89.9 Å². The molecule has 0 aliphatic rings. The minimum atomic E-state index is -0.858. The van der Waals surface area contributed by atoms with E-state index in [2.05, 4.69) is 43.5 Å².